The molecule has 1 amide bonds. The Labute approximate surface area is 219 Å². The molecule has 4 rings (SSSR count). The first-order valence-corrected chi connectivity index (χ1v) is 11.6. The Balaban J connectivity index is 1.95. The standard InChI is InChI=1S/C29H21F7N2O/c1-18-12-13-37-25(14-18)27(17-19-6-3-2-4-7-19,21-8-5-9-22(16-21)28(31,32)33)38-26(39)20-10-11-24(30)23(15-20)29(34,35)36/h2-16H,17H2,1H3,(H,38,39). The number of rotatable bonds is 6. The number of aromatic nitrogens is 1. The second-order valence-corrected chi connectivity index (χ2v) is 9.01. The molecule has 3 nitrogen and oxygen atoms in total. The van der Waals surface area contributed by atoms with Gasteiger partial charge in [-0.1, -0.05) is 42.5 Å². The average molecular weight is 546 g/mol. The number of halogens is 7. The summed E-state index contributed by atoms with van der Waals surface area (Å²) < 4.78 is 95.2. The van der Waals surface area contributed by atoms with Crippen molar-refractivity contribution in [2.45, 2.75) is 31.2 Å². The van der Waals surface area contributed by atoms with E-state index in [0.29, 0.717) is 23.3 Å². The van der Waals surface area contributed by atoms with Crippen molar-refractivity contribution < 1.29 is 35.5 Å². The molecule has 0 aliphatic carbocycles. The van der Waals surface area contributed by atoms with E-state index in [0.717, 1.165) is 18.2 Å². The van der Waals surface area contributed by atoms with Crippen molar-refractivity contribution >= 4 is 5.91 Å². The fraction of sp³-hybridized carbons (Fsp3) is 0.172. The van der Waals surface area contributed by atoms with E-state index in [9.17, 15) is 35.5 Å². The van der Waals surface area contributed by atoms with Crippen LogP contribution < -0.4 is 5.32 Å². The summed E-state index contributed by atoms with van der Waals surface area (Å²) in [4.78, 5) is 17.9. The van der Waals surface area contributed by atoms with Crippen LogP contribution in [0, 0.1) is 12.7 Å². The fourth-order valence-electron chi connectivity index (χ4n) is 4.30. The van der Waals surface area contributed by atoms with E-state index in [1.54, 1.807) is 49.4 Å². The minimum Gasteiger partial charge on any atom is -0.337 e. The van der Waals surface area contributed by atoms with Crippen molar-refractivity contribution in [1.82, 2.24) is 10.3 Å². The molecule has 3 aromatic carbocycles. The highest BCUT2D eigenvalue weighted by Crippen LogP contribution is 2.38. The van der Waals surface area contributed by atoms with Crippen LogP contribution >= 0.6 is 0 Å². The van der Waals surface area contributed by atoms with Crippen molar-refractivity contribution in [3.05, 3.63) is 136 Å². The molecular formula is C29H21F7N2O. The van der Waals surface area contributed by atoms with Gasteiger partial charge in [0, 0.05) is 18.2 Å². The summed E-state index contributed by atoms with van der Waals surface area (Å²) in [6, 6.07) is 17.8. The van der Waals surface area contributed by atoms with Gasteiger partial charge < -0.3 is 5.32 Å². The summed E-state index contributed by atoms with van der Waals surface area (Å²) in [7, 11) is 0. The molecule has 0 spiro atoms. The first-order chi connectivity index (χ1) is 18.3. The van der Waals surface area contributed by atoms with Gasteiger partial charge in [0.25, 0.3) is 5.91 Å². The van der Waals surface area contributed by atoms with Gasteiger partial charge in [0.1, 0.15) is 11.4 Å². The molecule has 10 heteroatoms. The van der Waals surface area contributed by atoms with Gasteiger partial charge in [0.05, 0.1) is 16.8 Å². The van der Waals surface area contributed by atoms with Gasteiger partial charge in [-0.15, -0.1) is 0 Å². The number of carbonyl (C=O) groups excluding carboxylic acids is 1. The lowest BCUT2D eigenvalue weighted by Crippen LogP contribution is -2.49. The summed E-state index contributed by atoms with van der Waals surface area (Å²) in [5.74, 6) is -2.62. The Morgan fingerprint density at radius 2 is 1.49 bits per heavy atom. The van der Waals surface area contributed by atoms with E-state index in [1.165, 1.54) is 18.3 Å². The van der Waals surface area contributed by atoms with Crippen LogP contribution in [0.25, 0.3) is 0 Å². The molecule has 1 aromatic heterocycles. The lowest BCUT2D eigenvalue weighted by atomic mass is 9.79. The van der Waals surface area contributed by atoms with E-state index in [1.807, 2.05) is 0 Å². The van der Waals surface area contributed by atoms with E-state index >= 15 is 0 Å². The number of hydrogen-bond donors (Lipinski definition) is 1. The predicted molar refractivity (Wildman–Crippen MR) is 130 cm³/mol. The Morgan fingerprint density at radius 1 is 0.795 bits per heavy atom. The maximum Gasteiger partial charge on any atom is 0.419 e. The number of carbonyl (C=O) groups is 1. The van der Waals surface area contributed by atoms with Crippen LogP contribution in [0.15, 0.2) is 91.1 Å². The predicted octanol–water partition coefficient (Wildman–Crippen LogP) is 7.48. The summed E-state index contributed by atoms with van der Waals surface area (Å²) in [6.45, 7) is 1.72. The van der Waals surface area contributed by atoms with Crippen molar-refractivity contribution in [2.24, 2.45) is 0 Å². The maximum absolute atomic E-state index is 13.9. The zero-order valence-corrected chi connectivity index (χ0v) is 20.4. The van der Waals surface area contributed by atoms with Crippen LogP contribution in [0.5, 0.6) is 0 Å². The number of nitrogens with one attached hydrogen (secondary N) is 1. The monoisotopic (exact) mass is 546 g/mol. The molecule has 0 fully saturated rings. The van der Waals surface area contributed by atoms with Crippen LogP contribution in [0.3, 0.4) is 0 Å². The SMILES string of the molecule is Cc1ccnc(C(Cc2ccccc2)(NC(=O)c2ccc(F)c(C(F)(F)F)c2)c2cccc(C(F)(F)F)c2)c1. The smallest absolute Gasteiger partial charge is 0.337 e. The highest BCUT2D eigenvalue weighted by atomic mass is 19.4. The van der Waals surface area contributed by atoms with Crippen LogP contribution in [-0.2, 0) is 24.3 Å². The second kappa shape index (κ2) is 10.5. The molecule has 1 atom stereocenters. The molecule has 4 aromatic rings. The minimum atomic E-state index is -5.07. The van der Waals surface area contributed by atoms with E-state index in [-0.39, 0.29) is 17.7 Å². The summed E-state index contributed by atoms with van der Waals surface area (Å²) in [5, 5.41) is 2.67. The molecule has 0 radical (unpaired) electrons. The first kappa shape index (κ1) is 27.8. The molecule has 39 heavy (non-hydrogen) atoms. The van der Waals surface area contributed by atoms with Gasteiger partial charge in [-0.05, 0) is 66.1 Å². The van der Waals surface area contributed by atoms with Gasteiger partial charge in [0.15, 0.2) is 0 Å². The van der Waals surface area contributed by atoms with Gasteiger partial charge >= 0.3 is 12.4 Å². The van der Waals surface area contributed by atoms with Crippen molar-refractivity contribution in [1.29, 1.82) is 0 Å². The maximum atomic E-state index is 13.9. The van der Waals surface area contributed by atoms with E-state index in [2.05, 4.69) is 10.3 Å². The quantitative estimate of drug-likeness (QED) is 0.255. The van der Waals surface area contributed by atoms with Crippen LogP contribution in [0.1, 0.15) is 43.9 Å². The normalized spacial score (nSPS) is 13.5. The topological polar surface area (TPSA) is 42.0 Å². The summed E-state index contributed by atoms with van der Waals surface area (Å²) in [6.07, 6.45) is -8.45. The lowest BCUT2D eigenvalue weighted by Gasteiger charge is -2.36. The summed E-state index contributed by atoms with van der Waals surface area (Å²) >= 11 is 0. The number of nitrogens with zero attached hydrogens (tertiary/aromatic N) is 1. The molecule has 202 valence electrons. The van der Waals surface area contributed by atoms with Crippen LogP contribution in [0.2, 0.25) is 0 Å². The number of amides is 1. The molecule has 0 saturated heterocycles. The minimum absolute atomic E-state index is 0.00536. The molecule has 1 unspecified atom stereocenters. The Morgan fingerprint density at radius 3 is 2.13 bits per heavy atom. The molecule has 0 aliphatic heterocycles. The van der Waals surface area contributed by atoms with Crippen LogP contribution in [0.4, 0.5) is 30.7 Å². The molecule has 0 aliphatic rings. The molecule has 1 N–H and O–H groups in total. The number of hydrogen-bond acceptors (Lipinski definition) is 2. The largest absolute Gasteiger partial charge is 0.419 e. The molecule has 0 saturated carbocycles. The van der Waals surface area contributed by atoms with E-state index < -0.39 is 46.3 Å². The Hall–Kier alpha value is -4.21. The first-order valence-electron chi connectivity index (χ1n) is 11.6. The molecule has 1 heterocycles. The molecular weight excluding hydrogens is 525 g/mol. The van der Waals surface area contributed by atoms with E-state index in [4.69, 9.17) is 0 Å². The van der Waals surface area contributed by atoms with Crippen molar-refractivity contribution in [2.75, 3.05) is 0 Å². The second-order valence-electron chi connectivity index (χ2n) is 9.01. The Bertz CT molecular complexity index is 1480. The van der Waals surface area contributed by atoms with Gasteiger partial charge in [-0.3, -0.25) is 9.78 Å². The van der Waals surface area contributed by atoms with Gasteiger partial charge in [-0.2, -0.15) is 26.3 Å². The third-order valence-corrected chi connectivity index (χ3v) is 6.21. The highest BCUT2D eigenvalue weighted by Gasteiger charge is 2.41. The number of pyridine rings is 1. The number of aryl methyl sites for hydroxylation is 1. The van der Waals surface area contributed by atoms with Crippen molar-refractivity contribution in [3.63, 3.8) is 0 Å². The highest BCUT2D eigenvalue weighted by molar-refractivity contribution is 5.95. The summed E-state index contributed by atoms with van der Waals surface area (Å²) in [5.41, 5.74) is -3.45. The van der Waals surface area contributed by atoms with Gasteiger partial charge in [0.2, 0.25) is 0 Å². The van der Waals surface area contributed by atoms with Crippen molar-refractivity contribution in [3.8, 4) is 0 Å². The number of alkyl halides is 6. The number of benzene rings is 3. The average Bonchev–Trinajstić information content (AvgIpc) is 2.88. The van der Waals surface area contributed by atoms with Gasteiger partial charge in [-0.25, -0.2) is 4.39 Å². The third-order valence-electron chi connectivity index (χ3n) is 6.21. The zero-order valence-electron chi connectivity index (χ0n) is 20.4. The lowest BCUT2D eigenvalue weighted by molar-refractivity contribution is -0.140. The zero-order chi connectivity index (χ0) is 28.4. The molecule has 0 bridgehead atoms. The third kappa shape index (κ3) is 6.10. The Kier molecular flexibility index (Phi) is 7.50. The van der Waals surface area contributed by atoms with Crippen LogP contribution in [-0.4, -0.2) is 10.9 Å². The fourth-order valence-corrected chi connectivity index (χ4v) is 4.30.